The Morgan fingerprint density at radius 2 is 1.68 bits per heavy atom. The van der Waals surface area contributed by atoms with Gasteiger partial charge >= 0.3 is 0 Å². The number of amides is 2. The van der Waals surface area contributed by atoms with Crippen LogP contribution in [0.15, 0.2) is 76.8 Å². The predicted molar refractivity (Wildman–Crippen MR) is 146 cm³/mol. The first-order valence-corrected chi connectivity index (χ1v) is 13.0. The van der Waals surface area contributed by atoms with E-state index in [2.05, 4.69) is 10.3 Å². The van der Waals surface area contributed by atoms with Gasteiger partial charge in [0.2, 0.25) is 5.91 Å². The molecule has 6 nitrogen and oxygen atoms in total. The Labute approximate surface area is 219 Å². The average Bonchev–Trinajstić information content (AvgIpc) is 3.43. The molecule has 2 aliphatic rings. The Morgan fingerprint density at radius 1 is 1.00 bits per heavy atom. The van der Waals surface area contributed by atoms with Gasteiger partial charge < -0.3 is 5.32 Å². The minimum Gasteiger partial charge on any atom is -0.326 e. The third kappa shape index (κ3) is 5.64. The van der Waals surface area contributed by atoms with E-state index in [0.29, 0.717) is 17.3 Å². The number of hydrogen-bond donors (Lipinski definition) is 1. The lowest BCUT2D eigenvalue weighted by molar-refractivity contribution is -0.121. The molecule has 37 heavy (non-hydrogen) atoms. The van der Waals surface area contributed by atoms with Crippen LogP contribution in [0.5, 0.6) is 0 Å². The molecule has 188 valence electrons. The Balaban J connectivity index is 1.35. The van der Waals surface area contributed by atoms with Crippen LogP contribution >= 0.6 is 11.8 Å². The third-order valence-electron chi connectivity index (χ3n) is 6.35. The van der Waals surface area contributed by atoms with Crippen molar-refractivity contribution in [2.45, 2.75) is 44.9 Å². The molecule has 5 rings (SSSR count). The van der Waals surface area contributed by atoms with Crippen LogP contribution in [0.25, 0.3) is 0 Å². The van der Waals surface area contributed by atoms with Crippen LogP contribution in [-0.4, -0.2) is 33.0 Å². The lowest BCUT2D eigenvalue weighted by Crippen LogP contribution is -2.25. The van der Waals surface area contributed by atoms with Crippen LogP contribution < -0.4 is 5.32 Å². The predicted octanol–water partition coefficient (Wildman–Crippen LogP) is 5.93. The van der Waals surface area contributed by atoms with Gasteiger partial charge in [-0.05, 0) is 67.3 Å². The highest BCUT2D eigenvalue weighted by atomic mass is 32.2. The van der Waals surface area contributed by atoms with Crippen LogP contribution in [0.3, 0.4) is 0 Å². The van der Waals surface area contributed by atoms with Crippen molar-refractivity contribution < 1.29 is 14.0 Å². The highest BCUT2D eigenvalue weighted by Gasteiger charge is 2.39. The fourth-order valence-electron chi connectivity index (χ4n) is 4.58. The summed E-state index contributed by atoms with van der Waals surface area (Å²) in [5, 5.41) is 9.29. The van der Waals surface area contributed by atoms with Crippen LogP contribution in [0.2, 0.25) is 0 Å². The maximum absolute atomic E-state index is 13.6. The summed E-state index contributed by atoms with van der Waals surface area (Å²) in [6.45, 7) is 5.97. The monoisotopic (exact) mass is 514 g/mol. The number of carbonyl (C=O) groups is 2. The number of amidine groups is 1. The van der Waals surface area contributed by atoms with Crippen LogP contribution in [0.4, 0.5) is 10.1 Å². The number of aryl methyl sites for hydroxylation is 3. The molecule has 0 aromatic heterocycles. The fourth-order valence-corrected chi connectivity index (χ4v) is 5.64. The van der Waals surface area contributed by atoms with E-state index < -0.39 is 5.25 Å². The average molecular weight is 515 g/mol. The number of hydrazone groups is 1. The van der Waals surface area contributed by atoms with Crippen molar-refractivity contribution in [2.24, 2.45) is 10.1 Å². The molecule has 2 amide bonds. The van der Waals surface area contributed by atoms with Crippen molar-refractivity contribution in [1.82, 2.24) is 5.01 Å². The van der Waals surface area contributed by atoms with E-state index in [-0.39, 0.29) is 30.1 Å². The second-order valence-corrected chi connectivity index (χ2v) is 10.7. The Bertz CT molecular complexity index is 1400. The topological polar surface area (TPSA) is 74.1 Å². The van der Waals surface area contributed by atoms with Crippen molar-refractivity contribution in [3.8, 4) is 0 Å². The maximum Gasteiger partial charge on any atom is 0.262 e. The molecule has 1 N–H and O–H groups in total. The van der Waals surface area contributed by atoms with Crippen molar-refractivity contribution in [3.05, 3.63) is 100 Å². The van der Waals surface area contributed by atoms with Crippen molar-refractivity contribution in [3.63, 3.8) is 0 Å². The van der Waals surface area contributed by atoms with Gasteiger partial charge in [0.15, 0.2) is 5.17 Å². The molecular formula is C29H27FN4O2S. The summed E-state index contributed by atoms with van der Waals surface area (Å²) in [5.74, 6) is -0.911. The molecule has 2 heterocycles. The number of nitrogens with one attached hydrogen (secondary N) is 1. The first-order valence-electron chi connectivity index (χ1n) is 12.1. The van der Waals surface area contributed by atoms with Crippen molar-refractivity contribution in [1.29, 1.82) is 0 Å². The first-order chi connectivity index (χ1) is 17.7. The SMILES string of the molecule is Cc1ccc(C2=NN(C3=NC(=O)[C@@H](CC(=O)Nc4cc(C)cc(C)c4)S3)[C@@H](c3ccc(F)cc3)C2)cc1. The summed E-state index contributed by atoms with van der Waals surface area (Å²) in [7, 11) is 0. The van der Waals surface area contributed by atoms with E-state index in [4.69, 9.17) is 5.10 Å². The number of carbonyl (C=O) groups excluding carboxylic acids is 2. The minimum atomic E-state index is -0.631. The Morgan fingerprint density at radius 3 is 2.35 bits per heavy atom. The second-order valence-electron chi connectivity index (χ2n) is 9.50. The lowest BCUT2D eigenvalue weighted by atomic mass is 9.98. The fraction of sp³-hybridized carbons (Fsp3) is 0.241. The standard InChI is InChI=1S/C29H27FN4O2S/c1-17-4-6-20(7-5-17)24-15-25(21-8-10-22(30)11-9-21)34(33-24)29-32-28(36)26(37-29)16-27(35)31-23-13-18(2)12-19(3)14-23/h4-14,25-26H,15-16H2,1-3H3,(H,31,35)/t25-,26-/m1/s1. The molecule has 0 bridgehead atoms. The number of thioether (sulfide) groups is 1. The quantitative estimate of drug-likeness (QED) is 0.458. The van der Waals surface area contributed by atoms with Gasteiger partial charge in [0.05, 0.1) is 11.8 Å². The molecule has 2 aliphatic heterocycles. The van der Waals surface area contributed by atoms with E-state index in [9.17, 15) is 14.0 Å². The molecule has 0 saturated carbocycles. The minimum absolute atomic E-state index is 0.00702. The van der Waals surface area contributed by atoms with Crippen LogP contribution in [-0.2, 0) is 9.59 Å². The van der Waals surface area contributed by atoms with Gasteiger partial charge in [-0.25, -0.2) is 9.40 Å². The summed E-state index contributed by atoms with van der Waals surface area (Å²) in [6.07, 6.45) is 0.591. The second kappa shape index (κ2) is 10.3. The number of hydrogen-bond acceptors (Lipinski definition) is 5. The number of aliphatic imine (C=N–C) groups is 1. The Kier molecular flexibility index (Phi) is 6.93. The number of nitrogens with zero attached hydrogens (tertiary/aromatic N) is 3. The van der Waals surface area contributed by atoms with E-state index in [0.717, 1.165) is 33.5 Å². The molecule has 0 spiro atoms. The summed E-state index contributed by atoms with van der Waals surface area (Å²) in [5.41, 5.74) is 6.69. The molecule has 0 radical (unpaired) electrons. The molecule has 3 aromatic carbocycles. The number of rotatable bonds is 5. The van der Waals surface area contributed by atoms with Gasteiger partial charge in [0.25, 0.3) is 5.91 Å². The zero-order valence-corrected chi connectivity index (χ0v) is 21.7. The zero-order chi connectivity index (χ0) is 26.1. The summed E-state index contributed by atoms with van der Waals surface area (Å²) >= 11 is 1.25. The number of anilines is 1. The normalized spacial score (nSPS) is 19.1. The van der Waals surface area contributed by atoms with Gasteiger partial charge in [0.1, 0.15) is 11.1 Å². The van der Waals surface area contributed by atoms with Crippen molar-refractivity contribution >= 4 is 40.1 Å². The van der Waals surface area contributed by atoms with E-state index >= 15 is 0 Å². The van der Waals surface area contributed by atoms with Gasteiger partial charge in [-0.15, -0.1) is 0 Å². The van der Waals surface area contributed by atoms with Gasteiger partial charge in [-0.2, -0.15) is 10.1 Å². The van der Waals surface area contributed by atoms with E-state index in [1.807, 2.05) is 63.2 Å². The molecule has 0 aliphatic carbocycles. The van der Waals surface area contributed by atoms with Crippen molar-refractivity contribution in [2.75, 3.05) is 5.32 Å². The molecule has 3 aromatic rings. The largest absolute Gasteiger partial charge is 0.326 e. The van der Waals surface area contributed by atoms with E-state index in [1.165, 1.54) is 23.9 Å². The highest BCUT2D eigenvalue weighted by Crippen LogP contribution is 2.38. The highest BCUT2D eigenvalue weighted by molar-refractivity contribution is 8.15. The smallest absolute Gasteiger partial charge is 0.262 e. The Hall–Kier alpha value is -3.78. The van der Waals surface area contributed by atoms with Gasteiger partial charge in [-0.3, -0.25) is 9.59 Å². The molecule has 0 saturated heterocycles. The van der Waals surface area contributed by atoms with E-state index in [1.54, 1.807) is 17.1 Å². The molecule has 2 atom stereocenters. The van der Waals surface area contributed by atoms with Gasteiger partial charge in [0, 0.05) is 18.5 Å². The number of benzene rings is 3. The maximum atomic E-state index is 13.6. The molecule has 8 heteroatoms. The zero-order valence-electron chi connectivity index (χ0n) is 20.9. The van der Waals surface area contributed by atoms with Crippen LogP contribution in [0, 0.1) is 26.6 Å². The summed E-state index contributed by atoms with van der Waals surface area (Å²) in [4.78, 5) is 29.8. The lowest BCUT2D eigenvalue weighted by Gasteiger charge is -2.23. The first kappa shape index (κ1) is 24.9. The summed E-state index contributed by atoms with van der Waals surface area (Å²) < 4.78 is 13.6. The van der Waals surface area contributed by atoms with Crippen LogP contribution in [0.1, 0.15) is 46.7 Å². The van der Waals surface area contributed by atoms with Gasteiger partial charge in [-0.1, -0.05) is 59.8 Å². The summed E-state index contributed by atoms with van der Waals surface area (Å²) in [6, 6.07) is 20.0. The molecule has 0 unspecified atom stereocenters. The third-order valence-corrected chi connectivity index (χ3v) is 7.49. The number of halogens is 1. The molecular weight excluding hydrogens is 487 g/mol. The molecule has 0 fully saturated rings.